The molecule has 0 aromatic heterocycles. The molecule has 0 aromatic carbocycles. The van der Waals surface area contributed by atoms with Crippen LogP contribution >= 0.6 is 0 Å². The van der Waals surface area contributed by atoms with E-state index in [0.29, 0.717) is 6.04 Å². The minimum atomic E-state index is -0.00781. The summed E-state index contributed by atoms with van der Waals surface area (Å²) >= 11 is 0. The monoisotopic (exact) mass is 299 g/mol. The van der Waals surface area contributed by atoms with Gasteiger partial charge in [-0.25, -0.2) is 0 Å². The van der Waals surface area contributed by atoms with Gasteiger partial charge in [-0.1, -0.05) is 65.7 Å². The molecule has 0 aliphatic rings. The van der Waals surface area contributed by atoms with Crippen LogP contribution in [0.4, 0.5) is 0 Å². The molecule has 2 heteroatoms. The van der Waals surface area contributed by atoms with E-state index in [1.54, 1.807) is 0 Å². The van der Waals surface area contributed by atoms with Crippen molar-refractivity contribution in [1.82, 2.24) is 5.32 Å². The maximum Gasteiger partial charge on any atom is 0.0803 e. The van der Waals surface area contributed by atoms with Gasteiger partial charge in [-0.3, -0.25) is 0 Å². The molecule has 2 nitrogen and oxygen atoms in total. The maximum absolute atomic E-state index is 6.09. The molecule has 0 saturated carbocycles. The zero-order valence-electron chi connectivity index (χ0n) is 15.5. The lowest BCUT2D eigenvalue weighted by molar-refractivity contribution is -0.0574. The van der Waals surface area contributed by atoms with Crippen LogP contribution in [0.15, 0.2) is 0 Å². The lowest BCUT2D eigenvalue weighted by atomic mass is 9.88. The molecule has 1 N–H and O–H groups in total. The van der Waals surface area contributed by atoms with Crippen LogP contribution in [0.25, 0.3) is 0 Å². The highest BCUT2D eigenvalue weighted by Gasteiger charge is 2.32. The fourth-order valence-corrected chi connectivity index (χ4v) is 3.03. The smallest absolute Gasteiger partial charge is 0.0803 e. The third-order valence-corrected chi connectivity index (χ3v) is 4.65. The van der Waals surface area contributed by atoms with Crippen LogP contribution in [0.3, 0.4) is 0 Å². The fraction of sp³-hybridized carbons (Fsp3) is 1.00. The van der Waals surface area contributed by atoms with Crippen molar-refractivity contribution in [2.24, 2.45) is 0 Å². The highest BCUT2D eigenvalue weighted by atomic mass is 16.5. The Labute approximate surface area is 134 Å². The van der Waals surface area contributed by atoms with Crippen molar-refractivity contribution in [3.63, 3.8) is 0 Å². The third-order valence-electron chi connectivity index (χ3n) is 4.65. The van der Waals surface area contributed by atoms with Crippen molar-refractivity contribution >= 4 is 0 Å². The van der Waals surface area contributed by atoms with Gasteiger partial charge >= 0.3 is 0 Å². The first kappa shape index (κ1) is 20.9. The minimum Gasteiger partial charge on any atom is -0.374 e. The molecule has 2 unspecified atom stereocenters. The van der Waals surface area contributed by atoms with Crippen LogP contribution < -0.4 is 5.32 Å². The summed E-state index contributed by atoms with van der Waals surface area (Å²) in [6, 6.07) is 0.498. The molecule has 0 bridgehead atoms. The van der Waals surface area contributed by atoms with E-state index in [1.807, 2.05) is 0 Å². The van der Waals surface area contributed by atoms with Crippen molar-refractivity contribution in [2.45, 2.75) is 110 Å². The predicted octanol–water partition coefficient (Wildman–Crippen LogP) is 5.70. The molecule has 0 rings (SSSR count). The quantitative estimate of drug-likeness (QED) is 0.392. The van der Waals surface area contributed by atoms with Gasteiger partial charge in [0.25, 0.3) is 0 Å². The molecule has 0 saturated heterocycles. The Morgan fingerprint density at radius 3 is 2.00 bits per heavy atom. The zero-order valence-corrected chi connectivity index (χ0v) is 15.5. The lowest BCUT2D eigenvalue weighted by Crippen LogP contribution is -2.50. The number of hydrogen-bond acceptors (Lipinski definition) is 2. The maximum atomic E-state index is 6.09. The molecule has 0 amide bonds. The molecule has 128 valence electrons. The summed E-state index contributed by atoms with van der Waals surface area (Å²) in [5.41, 5.74) is -0.00781. The van der Waals surface area contributed by atoms with Gasteiger partial charge in [0.05, 0.1) is 5.60 Å². The van der Waals surface area contributed by atoms with Crippen LogP contribution in [-0.4, -0.2) is 24.8 Å². The average Bonchev–Trinajstić information content (AvgIpc) is 2.49. The number of hydrogen-bond donors (Lipinski definition) is 1. The fourth-order valence-electron chi connectivity index (χ4n) is 3.03. The topological polar surface area (TPSA) is 21.3 Å². The molecule has 21 heavy (non-hydrogen) atoms. The average molecular weight is 300 g/mol. The largest absolute Gasteiger partial charge is 0.374 e. The van der Waals surface area contributed by atoms with Crippen molar-refractivity contribution in [3.8, 4) is 0 Å². The molecular weight excluding hydrogens is 258 g/mol. The van der Waals surface area contributed by atoms with Crippen LogP contribution in [0.5, 0.6) is 0 Å². The highest BCUT2D eigenvalue weighted by Crippen LogP contribution is 2.24. The van der Waals surface area contributed by atoms with Gasteiger partial charge < -0.3 is 10.1 Å². The van der Waals surface area contributed by atoms with Crippen LogP contribution in [0.1, 0.15) is 98.8 Å². The molecule has 0 spiro atoms. The van der Waals surface area contributed by atoms with E-state index in [-0.39, 0.29) is 5.60 Å². The number of unbranched alkanes of at least 4 members (excludes halogenated alkanes) is 6. The van der Waals surface area contributed by atoms with E-state index < -0.39 is 0 Å². The van der Waals surface area contributed by atoms with Gasteiger partial charge in [0.2, 0.25) is 0 Å². The van der Waals surface area contributed by atoms with Crippen LogP contribution in [0, 0.1) is 0 Å². The molecule has 0 heterocycles. The second-order valence-electron chi connectivity index (χ2n) is 6.52. The van der Waals surface area contributed by atoms with Crippen molar-refractivity contribution in [2.75, 3.05) is 13.2 Å². The van der Waals surface area contributed by atoms with Crippen LogP contribution in [0.2, 0.25) is 0 Å². The van der Waals surface area contributed by atoms with E-state index in [1.165, 1.54) is 57.8 Å². The number of ether oxygens (including phenoxy) is 1. The Balaban J connectivity index is 4.11. The molecule has 2 atom stereocenters. The Kier molecular flexibility index (Phi) is 13.5. The molecule has 0 fully saturated rings. The van der Waals surface area contributed by atoms with Gasteiger partial charge in [0.15, 0.2) is 0 Å². The van der Waals surface area contributed by atoms with E-state index in [0.717, 1.165) is 19.6 Å². The third kappa shape index (κ3) is 9.52. The van der Waals surface area contributed by atoms with Crippen molar-refractivity contribution in [1.29, 1.82) is 0 Å². The molecule has 0 aliphatic heterocycles. The Morgan fingerprint density at radius 2 is 1.48 bits per heavy atom. The van der Waals surface area contributed by atoms with E-state index >= 15 is 0 Å². The first-order valence-corrected chi connectivity index (χ1v) is 9.51. The standard InChI is InChI=1S/C19H41NO/c1-6-10-11-12-13-14-15-16-18(20-17-7-2)19(5,8-3)21-9-4/h18,20H,6-17H2,1-5H3. The number of nitrogens with one attached hydrogen (secondary N) is 1. The Hall–Kier alpha value is -0.0800. The summed E-state index contributed by atoms with van der Waals surface area (Å²) in [6.07, 6.45) is 13.2. The summed E-state index contributed by atoms with van der Waals surface area (Å²) in [4.78, 5) is 0. The normalized spacial score (nSPS) is 15.9. The molecule has 0 radical (unpaired) electrons. The second-order valence-corrected chi connectivity index (χ2v) is 6.52. The van der Waals surface area contributed by atoms with Crippen molar-refractivity contribution < 1.29 is 4.74 Å². The SMILES string of the molecule is CCCCCCCCCC(NCCC)C(C)(CC)OCC. The van der Waals surface area contributed by atoms with Crippen molar-refractivity contribution in [3.05, 3.63) is 0 Å². The Morgan fingerprint density at radius 1 is 0.857 bits per heavy atom. The van der Waals surface area contributed by atoms with E-state index in [4.69, 9.17) is 4.74 Å². The van der Waals surface area contributed by atoms with Gasteiger partial charge in [-0.15, -0.1) is 0 Å². The van der Waals surface area contributed by atoms with Crippen LogP contribution in [-0.2, 0) is 4.74 Å². The molecule has 0 aromatic rings. The summed E-state index contributed by atoms with van der Waals surface area (Å²) in [5.74, 6) is 0. The summed E-state index contributed by atoms with van der Waals surface area (Å²) in [7, 11) is 0. The molecular formula is C19H41NO. The summed E-state index contributed by atoms with van der Waals surface area (Å²) in [6.45, 7) is 13.1. The Bertz CT molecular complexity index is 220. The second kappa shape index (κ2) is 13.6. The van der Waals surface area contributed by atoms with Gasteiger partial charge in [-0.2, -0.15) is 0 Å². The lowest BCUT2D eigenvalue weighted by Gasteiger charge is -2.37. The van der Waals surface area contributed by atoms with E-state index in [2.05, 4.69) is 39.9 Å². The first-order valence-electron chi connectivity index (χ1n) is 9.51. The number of rotatable bonds is 15. The minimum absolute atomic E-state index is 0.00781. The van der Waals surface area contributed by atoms with E-state index in [9.17, 15) is 0 Å². The zero-order chi connectivity index (χ0) is 16.0. The van der Waals surface area contributed by atoms with Gasteiger partial charge in [0.1, 0.15) is 0 Å². The van der Waals surface area contributed by atoms with Gasteiger partial charge in [0, 0.05) is 12.6 Å². The summed E-state index contributed by atoms with van der Waals surface area (Å²) < 4.78 is 6.09. The van der Waals surface area contributed by atoms with Gasteiger partial charge in [-0.05, 0) is 39.7 Å². The highest BCUT2D eigenvalue weighted by molar-refractivity contribution is 4.88. The first-order chi connectivity index (χ1) is 10.1. The summed E-state index contributed by atoms with van der Waals surface area (Å²) in [5, 5.41) is 3.73. The molecule has 0 aliphatic carbocycles. The predicted molar refractivity (Wildman–Crippen MR) is 95.0 cm³/mol.